The molecule has 2 aromatic carbocycles. The van der Waals surface area contributed by atoms with Crippen LogP contribution < -0.4 is 4.90 Å². The Morgan fingerprint density at radius 1 is 1.16 bits per heavy atom. The predicted octanol–water partition coefficient (Wildman–Crippen LogP) is 3.46. The van der Waals surface area contributed by atoms with Gasteiger partial charge >= 0.3 is 0 Å². The van der Waals surface area contributed by atoms with Gasteiger partial charge in [-0.05, 0) is 53.7 Å². The highest BCUT2D eigenvalue weighted by Crippen LogP contribution is 2.25. The van der Waals surface area contributed by atoms with E-state index < -0.39 is 0 Å². The molecule has 0 unspecified atom stereocenters. The number of halogens is 1. The zero-order valence-corrected chi connectivity index (χ0v) is 15.3. The summed E-state index contributed by atoms with van der Waals surface area (Å²) in [7, 11) is 1.76. The summed E-state index contributed by atoms with van der Waals surface area (Å²) in [4.78, 5) is 14.3. The van der Waals surface area contributed by atoms with E-state index in [9.17, 15) is 4.79 Å². The lowest BCUT2D eigenvalue weighted by Gasteiger charge is -2.20. The number of rotatable bonds is 5. The molecule has 128 valence electrons. The SMILES string of the molecule is C[C@H](Sc1nnnn1-c1ccc(Cl)cc1)C(=O)N(C)c1ccccc1. The molecule has 1 atom stereocenters. The first kappa shape index (κ1) is 17.4. The van der Waals surface area contributed by atoms with Crippen LogP contribution in [0.25, 0.3) is 5.69 Å². The average Bonchev–Trinajstić information content (AvgIpc) is 3.10. The molecule has 0 fully saturated rings. The van der Waals surface area contributed by atoms with E-state index in [-0.39, 0.29) is 11.2 Å². The Hall–Kier alpha value is -2.38. The van der Waals surface area contributed by atoms with Crippen LogP contribution in [0.3, 0.4) is 0 Å². The number of carbonyl (C=O) groups is 1. The minimum Gasteiger partial charge on any atom is -0.315 e. The molecule has 0 aliphatic carbocycles. The van der Waals surface area contributed by atoms with E-state index in [1.807, 2.05) is 49.4 Å². The van der Waals surface area contributed by atoms with E-state index in [0.717, 1.165) is 11.4 Å². The largest absolute Gasteiger partial charge is 0.315 e. The molecule has 1 aromatic heterocycles. The van der Waals surface area contributed by atoms with Gasteiger partial charge in [-0.1, -0.05) is 41.6 Å². The normalized spacial score (nSPS) is 12.0. The lowest BCUT2D eigenvalue weighted by molar-refractivity contribution is -0.117. The first-order chi connectivity index (χ1) is 12.1. The molecule has 0 aliphatic heterocycles. The van der Waals surface area contributed by atoms with Gasteiger partial charge in [-0.15, -0.1) is 5.10 Å². The van der Waals surface area contributed by atoms with Gasteiger partial charge in [0.1, 0.15) is 0 Å². The summed E-state index contributed by atoms with van der Waals surface area (Å²) >= 11 is 7.23. The van der Waals surface area contributed by atoms with Gasteiger partial charge in [0, 0.05) is 17.8 Å². The number of thioether (sulfide) groups is 1. The first-order valence-electron chi connectivity index (χ1n) is 7.60. The zero-order valence-electron chi connectivity index (χ0n) is 13.7. The van der Waals surface area contributed by atoms with Crippen LogP contribution in [-0.4, -0.2) is 38.4 Å². The van der Waals surface area contributed by atoms with Gasteiger partial charge in [-0.3, -0.25) is 4.79 Å². The number of hydrogen-bond acceptors (Lipinski definition) is 5. The minimum absolute atomic E-state index is 0.0261. The highest BCUT2D eigenvalue weighted by Gasteiger charge is 2.22. The van der Waals surface area contributed by atoms with Gasteiger partial charge in [-0.2, -0.15) is 4.68 Å². The number of para-hydroxylation sites is 1. The standard InChI is InChI=1S/C17H16ClN5OS/c1-12(16(24)22(2)14-6-4-3-5-7-14)25-17-19-20-21-23(17)15-10-8-13(18)9-11-15/h3-12H,1-2H3/t12-/m0/s1. The van der Waals surface area contributed by atoms with Crippen LogP contribution in [0.2, 0.25) is 5.02 Å². The van der Waals surface area contributed by atoms with Crippen molar-refractivity contribution in [2.24, 2.45) is 0 Å². The van der Waals surface area contributed by atoms with Crippen molar-refractivity contribution in [1.82, 2.24) is 20.2 Å². The van der Waals surface area contributed by atoms with Gasteiger partial charge in [0.05, 0.1) is 10.9 Å². The molecule has 0 bridgehead atoms. The van der Waals surface area contributed by atoms with E-state index in [2.05, 4.69) is 15.5 Å². The van der Waals surface area contributed by atoms with Crippen LogP contribution in [0.5, 0.6) is 0 Å². The molecule has 0 radical (unpaired) electrons. The van der Waals surface area contributed by atoms with Crippen LogP contribution in [0.1, 0.15) is 6.92 Å². The maximum absolute atomic E-state index is 12.7. The molecule has 1 amide bonds. The van der Waals surface area contributed by atoms with E-state index in [4.69, 9.17) is 11.6 Å². The smallest absolute Gasteiger partial charge is 0.240 e. The summed E-state index contributed by atoms with van der Waals surface area (Å²) in [5, 5.41) is 12.6. The van der Waals surface area contributed by atoms with Crippen LogP contribution in [0.15, 0.2) is 59.8 Å². The topological polar surface area (TPSA) is 63.9 Å². The van der Waals surface area contributed by atoms with Crippen molar-refractivity contribution in [1.29, 1.82) is 0 Å². The van der Waals surface area contributed by atoms with Crippen molar-refractivity contribution in [2.45, 2.75) is 17.3 Å². The second-order valence-corrected chi connectivity index (χ2v) is 7.09. The molecular formula is C17H16ClN5OS. The van der Waals surface area contributed by atoms with Gasteiger partial charge < -0.3 is 4.90 Å². The maximum atomic E-state index is 12.7. The number of tetrazole rings is 1. The molecule has 0 saturated carbocycles. The van der Waals surface area contributed by atoms with Gasteiger partial charge in [-0.25, -0.2) is 0 Å². The molecule has 3 rings (SSSR count). The summed E-state index contributed by atoms with van der Waals surface area (Å²) in [5.74, 6) is -0.0261. The molecule has 1 heterocycles. The molecule has 8 heteroatoms. The fraction of sp³-hybridized carbons (Fsp3) is 0.176. The van der Waals surface area contributed by atoms with Crippen molar-refractivity contribution < 1.29 is 4.79 Å². The number of hydrogen-bond donors (Lipinski definition) is 0. The first-order valence-corrected chi connectivity index (χ1v) is 8.85. The molecule has 0 N–H and O–H groups in total. The maximum Gasteiger partial charge on any atom is 0.240 e. The third-order valence-corrected chi connectivity index (χ3v) is 4.89. The third-order valence-electron chi connectivity index (χ3n) is 3.62. The molecule has 0 spiro atoms. The van der Waals surface area contributed by atoms with Crippen LogP contribution in [0.4, 0.5) is 5.69 Å². The van der Waals surface area contributed by atoms with Crippen LogP contribution in [-0.2, 0) is 4.79 Å². The zero-order chi connectivity index (χ0) is 17.8. The summed E-state index contributed by atoms with van der Waals surface area (Å²) < 4.78 is 1.59. The Morgan fingerprint density at radius 2 is 1.84 bits per heavy atom. The summed E-state index contributed by atoms with van der Waals surface area (Å²) in [5.41, 5.74) is 1.63. The Balaban J connectivity index is 1.75. The molecular weight excluding hydrogens is 358 g/mol. The Labute approximate surface area is 154 Å². The number of amides is 1. The van der Waals surface area contributed by atoms with Crippen molar-refractivity contribution in [3.8, 4) is 5.69 Å². The molecule has 0 aliphatic rings. The highest BCUT2D eigenvalue weighted by molar-refractivity contribution is 8.00. The van der Waals surface area contributed by atoms with Crippen molar-refractivity contribution in [2.75, 3.05) is 11.9 Å². The number of aromatic nitrogens is 4. The van der Waals surface area contributed by atoms with Crippen molar-refractivity contribution in [3.05, 3.63) is 59.6 Å². The second kappa shape index (κ2) is 7.67. The summed E-state index contributed by atoms with van der Waals surface area (Å²) in [6.07, 6.45) is 0. The quantitative estimate of drug-likeness (QED) is 0.641. The second-order valence-electron chi connectivity index (χ2n) is 5.34. The Morgan fingerprint density at radius 3 is 2.52 bits per heavy atom. The fourth-order valence-corrected chi connectivity index (χ4v) is 3.28. The monoisotopic (exact) mass is 373 g/mol. The average molecular weight is 374 g/mol. The minimum atomic E-state index is -0.345. The summed E-state index contributed by atoms with van der Waals surface area (Å²) in [6.45, 7) is 1.84. The number of benzene rings is 2. The van der Waals surface area contributed by atoms with Gasteiger partial charge in [0.2, 0.25) is 11.1 Å². The Kier molecular flexibility index (Phi) is 5.35. The molecule has 6 nitrogen and oxygen atoms in total. The molecule has 3 aromatic rings. The fourth-order valence-electron chi connectivity index (χ4n) is 2.26. The number of nitrogens with zero attached hydrogens (tertiary/aromatic N) is 5. The van der Waals surface area contributed by atoms with Gasteiger partial charge in [0.15, 0.2) is 0 Å². The Bertz CT molecular complexity index is 853. The lowest BCUT2D eigenvalue weighted by atomic mass is 10.3. The van der Waals surface area contributed by atoms with Crippen LogP contribution >= 0.6 is 23.4 Å². The van der Waals surface area contributed by atoms with Gasteiger partial charge in [0.25, 0.3) is 0 Å². The number of anilines is 1. The summed E-state index contributed by atoms with van der Waals surface area (Å²) in [6, 6.07) is 16.7. The predicted molar refractivity (Wildman–Crippen MR) is 99.3 cm³/mol. The van der Waals surface area contributed by atoms with E-state index in [1.165, 1.54) is 11.8 Å². The third kappa shape index (κ3) is 4.00. The molecule has 25 heavy (non-hydrogen) atoms. The van der Waals surface area contributed by atoms with Crippen molar-refractivity contribution in [3.63, 3.8) is 0 Å². The van der Waals surface area contributed by atoms with E-state index >= 15 is 0 Å². The number of carbonyl (C=O) groups excluding carboxylic acids is 1. The lowest BCUT2D eigenvalue weighted by Crippen LogP contribution is -2.33. The van der Waals surface area contributed by atoms with Crippen LogP contribution in [0, 0.1) is 0 Å². The highest BCUT2D eigenvalue weighted by atomic mass is 35.5. The van der Waals surface area contributed by atoms with Crippen molar-refractivity contribution >= 4 is 35.0 Å². The van der Waals surface area contributed by atoms with E-state index in [1.54, 1.807) is 28.8 Å². The van der Waals surface area contributed by atoms with E-state index in [0.29, 0.717) is 10.2 Å². The molecule has 0 saturated heterocycles.